The van der Waals surface area contributed by atoms with Gasteiger partial charge in [-0.05, 0) is 32.0 Å². The summed E-state index contributed by atoms with van der Waals surface area (Å²) in [5.74, 6) is -0.382. The molecule has 0 aliphatic carbocycles. The molecule has 0 radical (unpaired) electrons. The second-order valence-electron chi connectivity index (χ2n) is 3.95. The lowest BCUT2D eigenvalue weighted by atomic mass is 10.2. The van der Waals surface area contributed by atoms with Gasteiger partial charge in [0.25, 0.3) is 0 Å². The number of hydrogen-bond acceptors (Lipinski definition) is 5. The first kappa shape index (κ1) is 12.6. The molecule has 2 rings (SSSR count). The Hall–Kier alpha value is -1.88. The number of nitrogens with zero attached hydrogens (tertiary/aromatic N) is 1. The van der Waals surface area contributed by atoms with Crippen molar-refractivity contribution < 1.29 is 9.53 Å². The zero-order chi connectivity index (χ0) is 13.1. The number of aromatic nitrogens is 1. The van der Waals surface area contributed by atoms with Crippen LogP contribution in [0.4, 0.5) is 5.69 Å². The van der Waals surface area contributed by atoms with Crippen LogP contribution in [-0.2, 0) is 11.3 Å². The third-order valence-corrected chi connectivity index (χ3v) is 3.57. The average Bonchev–Trinajstić information content (AvgIpc) is 2.66. The molecular weight excluding hydrogens is 248 g/mol. The van der Waals surface area contributed by atoms with Crippen LogP contribution in [0.2, 0.25) is 0 Å². The standard InChI is InChI=1S/C13H14N2O2S/c1-8-9(2)18-12(15-8)7-17-13(16)10-4-3-5-11(14)6-10/h3-6H,7,14H2,1-2H3. The third kappa shape index (κ3) is 2.87. The number of rotatable bonds is 3. The summed E-state index contributed by atoms with van der Waals surface area (Å²) in [6.45, 7) is 4.14. The molecule has 1 aromatic heterocycles. The summed E-state index contributed by atoms with van der Waals surface area (Å²) in [6, 6.07) is 6.73. The van der Waals surface area contributed by atoms with Crippen molar-refractivity contribution in [3.63, 3.8) is 0 Å². The van der Waals surface area contributed by atoms with E-state index in [1.807, 2.05) is 13.8 Å². The zero-order valence-electron chi connectivity index (χ0n) is 10.3. The first-order chi connectivity index (χ1) is 8.56. The zero-order valence-corrected chi connectivity index (χ0v) is 11.1. The molecule has 4 nitrogen and oxygen atoms in total. The van der Waals surface area contributed by atoms with E-state index in [0.29, 0.717) is 11.3 Å². The van der Waals surface area contributed by atoms with Gasteiger partial charge in [0.05, 0.1) is 11.3 Å². The van der Waals surface area contributed by atoms with Gasteiger partial charge in [-0.25, -0.2) is 9.78 Å². The van der Waals surface area contributed by atoms with Gasteiger partial charge in [-0.2, -0.15) is 0 Å². The number of anilines is 1. The maximum Gasteiger partial charge on any atom is 0.338 e. The Labute approximate surface area is 109 Å². The van der Waals surface area contributed by atoms with Gasteiger partial charge in [0.2, 0.25) is 0 Å². The highest BCUT2D eigenvalue weighted by Crippen LogP contribution is 2.18. The predicted molar refractivity (Wildman–Crippen MR) is 71.6 cm³/mol. The predicted octanol–water partition coefficient (Wildman–Crippen LogP) is 2.70. The second kappa shape index (κ2) is 5.18. The molecule has 0 saturated heterocycles. The molecule has 18 heavy (non-hydrogen) atoms. The van der Waals surface area contributed by atoms with Crippen LogP contribution >= 0.6 is 11.3 Å². The Balaban J connectivity index is 2.00. The number of nitrogens with two attached hydrogens (primary N) is 1. The first-order valence-electron chi connectivity index (χ1n) is 5.52. The van der Waals surface area contributed by atoms with Gasteiger partial charge in [0, 0.05) is 10.6 Å². The van der Waals surface area contributed by atoms with E-state index in [4.69, 9.17) is 10.5 Å². The van der Waals surface area contributed by atoms with E-state index in [2.05, 4.69) is 4.98 Å². The van der Waals surface area contributed by atoms with E-state index in [0.717, 1.165) is 15.6 Å². The molecule has 1 heterocycles. The monoisotopic (exact) mass is 262 g/mol. The van der Waals surface area contributed by atoms with Crippen LogP contribution in [0, 0.1) is 13.8 Å². The Morgan fingerprint density at radius 1 is 1.44 bits per heavy atom. The van der Waals surface area contributed by atoms with Crippen molar-refractivity contribution in [2.45, 2.75) is 20.5 Å². The van der Waals surface area contributed by atoms with E-state index in [-0.39, 0.29) is 12.6 Å². The minimum Gasteiger partial charge on any atom is -0.455 e. The van der Waals surface area contributed by atoms with E-state index in [9.17, 15) is 4.79 Å². The van der Waals surface area contributed by atoms with E-state index in [1.54, 1.807) is 35.6 Å². The molecule has 0 saturated carbocycles. The van der Waals surface area contributed by atoms with Crippen LogP contribution in [0.15, 0.2) is 24.3 Å². The number of benzene rings is 1. The Bertz CT molecular complexity index is 559. The van der Waals surface area contributed by atoms with Gasteiger partial charge in [-0.15, -0.1) is 11.3 Å². The summed E-state index contributed by atoms with van der Waals surface area (Å²) >= 11 is 1.54. The van der Waals surface area contributed by atoms with Gasteiger partial charge >= 0.3 is 5.97 Å². The number of carbonyl (C=O) groups excluding carboxylic acids is 1. The molecule has 0 atom stereocenters. The summed E-state index contributed by atoms with van der Waals surface area (Å²) in [5.41, 5.74) is 7.60. The molecule has 2 N–H and O–H groups in total. The van der Waals surface area contributed by atoms with E-state index >= 15 is 0 Å². The summed E-state index contributed by atoms with van der Waals surface area (Å²) in [6.07, 6.45) is 0. The van der Waals surface area contributed by atoms with Crippen molar-refractivity contribution >= 4 is 23.0 Å². The average molecular weight is 262 g/mol. The van der Waals surface area contributed by atoms with Crippen molar-refractivity contribution in [3.8, 4) is 0 Å². The Kier molecular flexibility index (Phi) is 3.62. The van der Waals surface area contributed by atoms with Crippen molar-refractivity contribution in [1.82, 2.24) is 4.98 Å². The molecule has 1 aromatic carbocycles. The van der Waals surface area contributed by atoms with Crippen molar-refractivity contribution in [1.29, 1.82) is 0 Å². The van der Waals surface area contributed by atoms with Gasteiger partial charge in [-0.3, -0.25) is 0 Å². The Morgan fingerprint density at radius 2 is 2.22 bits per heavy atom. The molecular formula is C13H14N2O2S. The molecule has 5 heteroatoms. The van der Waals surface area contributed by atoms with Crippen LogP contribution in [-0.4, -0.2) is 11.0 Å². The fraction of sp³-hybridized carbons (Fsp3) is 0.231. The van der Waals surface area contributed by atoms with Crippen molar-refractivity contribution in [2.24, 2.45) is 0 Å². The maximum absolute atomic E-state index is 11.8. The van der Waals surface area contributed by atoms with Crippen molar-refractivity contribution in [2.75, 3.05) is 5.73 Å². The van der Waals surface area contributed by atoms with Gasteiger partial charge < -0.3 is 10.5 Å². The summed E-state index contributed by atoms with van der Waals surface area (Å²) in [4.78, 5) is 17.2. The molecule has 0 fully saturated rings. The number of thiazole rings is 1. The third-order valence-electron chi connectivity index (χ3n) is 2.52. The highest BCUT2D eigenvalue weighted by atomic mass is 32.1. The highest BCUT2D eigenvalue weighted by Gasteiger charge is 2.10. The fourth-order valence-electron chi connectivity index (χ4n) is 1.48. The van der Waals surface area contributed by atoms with Crippen LogP contribution in [0.25, 0.3) is 0 Å². The highest BCUT2D eigenvalue weighted by molar-refractivity contribution is 7.11. The van der Waals surface area contributed by atoms with Gasteiger partial charge in [-0.1, -0.05) is 6.07 Å². The lowest BCUT2D eigenvalue weighted by Gasteiger charge is -2.03. The smallest absolute Gasteiger partial charge is 0.338 e. The topological polar surface area (TPSA) is 65.2 Å². The minimum atomic E-state index is -0.382. The SMILES string of the molecule is Cc1nc(COC(=O)c2cccc(N)c2)sc1C. The largest absolute Gasteiger partial charge is 0.455 e. The molecule has 0 amide bonds. The number of carbonyl (C=O) groups is 1. The molecule has 2 aromatic rings. The second-order valence-corrected chi connectivity index (χ2v) is 5.24. The van der Waals surface area contributed by atoms with Crippen LogP contribution < -0.4 is 5.73 Å². The minimum absolute atomic E-state index is 0.201. The number of ether oxygens (including phenoxy) is 1. The number of hydrogen-bond donors (Lipinski definition) is 1. The number of nitrogen functional groups attached to an aromatic ring is 1. The first-order valence-corrected chi connectivity index (χ1v) is 6.33. The fourth-order valence-corrected chi connectivity index (χ4v) is 2.32. The summed E-state index contributed by atoms with van der Waals surface area (Å²) in [7, 11) is 0. The molecule has 0 aliphatic rings. The number of esters is 1. The van der Waals surface area contributed by atoms with Crippen LogP contribution in [0.1, 0.15) is 25.9 Å². The summed E-state index contributed by atoms with van der Waals surface area (Å²) in [5, 5.41) is 0.808. The lowest BCUT2D eigenvalue weighted by Crippen LogP contribution is -2.05. The molecule has 0 spiro atoms. The normalized spacial score (nSPS) is 10.3. The van der Waals surface area contributed by atoms with Gasteiger partial charge in [0.15, 0.2) is 0 Å². The van der Waals surface area contributed by atoms with E-state index in [1.165, 1.54) is 0 Å². The van der Waals surface area contributed by atoms with Crippen molar-refractivity contribution in [3.05, 3.63) is 45.4 Å². The van der Waals surface area contributed by atoms with Gasteiger partial charge in [0.1, 0.15) is 11.6 Å². The summed E-state index contributed by atoms with van der Waals surface area (Å²) < 4.78 is 5.19. The number of aryl methyl sites for hydroxylation is 2. The lowest BCUT2D eigenvalue weighted by molar-refractivity contribution is 0.0472. The maximum atomic E-state index is 11.8. The Morgan fingerprint density at radius 3 is 2.83 bits per heavy atom. The van der Waals surface area contributed by atoms with E-state index < -0.39 is 0 Å². The molecule has 0 aliphatic heterocycles. The quantitative estimate of drug-likeness (QED) is 0.682. The molecule has 0 bridgehead atoms. The molecule has 94 valence electrons. The molecule has 0 unspecified atom stereocenters. The van der Waals surface area contributed by atoms with Crippen LogP contribution in [0.5, 0.6) is 0 Å². The van der Waals surface area contributed by atoms with Crippen LogP contribution in [0.3, 0.4) is 0 Å².